The Bertz CT molecular complexity index is 764. The fraction of sp³-hybridized carbons (Fsp3) is 0.222. The molecule has 0 bridgehead atoms. The Hall–Kier alpha value is -2.57. The molecule has 25 heavy (non-hydrogen) atoms. The number of anilines is 1. The second-order valence-corrected chi connectivity index (χ2v) is 6.07. The van der Waals surface area contributed by atoms with E-state index < -0.39 is 0 Å². The van der Waals surface area contributed by atoms with Crippen molar-refractivity contribution >= 4 is 29.1 Å². The molecule has 0 aromatic heterocycles. The first-order valence-electron chi connectivity index (χ1n) is 7.91. The summed E-state index contributed by atoms with van der Waals surface area (Å²) < 4.78 is 5.71. The molecule has 1 saturated heterocycles. The van der Waals surface area contributed by atoms with Gasteiger partial charge in [-0.2, -0.15) is 0 Å². The average Bonchev–Trinajstić information content (AvgIpc) is 2.58. The van der Waals surface area contributed by atoms with Gasteiger partial charge in [0.2, 0.25) is 11.8 Å². The molecule has 6 nitrogen and oxygen atoms in total. The quantitative estimate of drug-likeness (QED) is 0.860. The Morgan fingerprint density at radius 3 is 2.68 bits per heavy atom. The van der Waals surface area contributed by atoms with Crippen LogP contribution in [0.3, 0.4) is 0 Å². The molecule has 0 radical (unpaired) electrons. The van der Waals surface area contributed by atoms with E-state index in [1.54, 1.807) is 36.4 Å². The molecule has 130 valence electrons. The highest BCUT2D eigenvalue weighted by atomic mass is 35.5. The molecule has 3 rings (SSSR count). The van der Waals surface area contributed by atoms with E-state index in [-0.39, 0.29) is 24.9 Å². The van der Waals surface area contributed by atoms with Crippen molar-refractivity contribution in [2.45, 2.75) is 0 Å². The lowest BCUT2D eigenvalue weighted by atomic mass is 10.3. The highest BCUT2D eigenvalue weighted by Crippen LogP contribution is 2.29. The van der Waals surface area contributed by atoms with Gasteiger partial charge in [0.05, 0.1) is 18.1 Å². The van der Waals surface area contributed by atoms with Crippen LogP contribution in [0.5, 0.6) is 11.5 Å². The number of benzene rings is 2. The molecule has 7 heteroatoms. The minimum Gasteiger partial charge on any atom is -0.456 e. The van der Waals surface area contributed by atoms with Crippen molar-refractivity contribution in [3.05, 3.63) is 53.6 Å². The van der Waals surface area contributed by atoms with Crippen molar-refractivity contribution in [2.75, 3.05) is 31.5 Å². The van der Waals surface area contributed by atoms with Crippen LogP contribution in [0, 0.1) is 0 Å². The molecule has 1 aliphatic heterocycles. The first-order chi connectivity index (χ1) is 12.1. The fourth-order valence-corrected chi connectivity index (χ4v) is 2.67. The number of hydrogen-bond donors (Lipinski definition) is 2. The SMILES string of the molecule is O=C1CN(CC(=O)Nc2ccc(Oc3ccccc3Cl)cc2)CCN1. The van der Waals surface area contributed by atoms with E-state index in [4.69, 9.17) is 16.3 Å². The molecule has 0 saturated carbocycles. The van der Waals surface area contributed by atoms with Gasteiger partial charge in [0.1, 0.15) is 11.5 Å². The van der Waals surface area contributed by atoms with Crippen LogP contribution < -0.4 is 15.4 Å². The molecular formula is C18H18ClN3O3. The van der Waals surface area contributed by atoms with Gasteiger partial charge in [-0.25, -0.2) is 0 Å². The summed E-state index contributed by atoms with van der Waals surface area (Å²) in [6.07, 6.45) is 0. The predicted octanol–water partition coefficient (Wildman–Crippen LogP) is 2.50. The maximum atomic E-state index is 12.1. The standard InChI is InChI=1S/C18H18ClN3O3/c19-15-3-1-2-4-16(15)25-14-7-5-13(6-8-14)21-18(24)12-22-10-9-20-17(23)11-22/h1-8H,9-12H2,(H,20,23)(H,21,24). The van der Waals surface area contributed by atoms with Gasteiger partial charge in [0, 0.05) is 18.8 Å². The van der Waals surface area contributed by atoms with Crippen molar-refractivity contribution in [3.63, 3.8) is 0 Å². The van der Waals surface area contributed by atoms with E-state index in [1.807, 2.05) is 17.0 Å². The van der Waals surface area contributed by atoms with Crippen LogP contribution in [0.1, 0.15) is 0 Å². The lowest BCUT2D eigenvalue weighted by Gasteiger charge is -2.25. The minimum absolute atomic E-state index is 0.0554. The van der Waals surface area contributed by atoms with Gasteiger partial charge in [-0.15, -0.1) is 0 Å². The van der Waals surface area contributed by atoms with E-state index in [0.29, 0.717) is 35.3 Å². The van der Waals surface area contributed by atoms with E-state index in [2.05, 4.69) is 10.6 Å². The summed E-state index contributed by atoms with van der Waals surface area (Å²) >= 11 is 6.06. The lowest BCUT2D eigenvalue weighted by Crippen LogP contribution is -2.49. The summed E-state index contributed by atoms with van der Waals surface area (Å²) in [6.45, 7) is 1.67. The Morgan fingerprint density at radius 1 is 1.20 bits per heavy atom. The summed E-state index contributed by atoms with van der Waals surface area (Å²) in [7, 11) is 0. The third kappa shape index (κ3) is 4.95. The summed E-state index contributed by atoms with van der Waals surface area (Å²) in [5.41, 5.74) is 0.665. The Labute approximate surface area is 150 Å². The number of rotatable bonds is 5. The van der Waals surface area contributed by atoms with Crippen molar-refractivity contribution < 1.29 is 14.3 Å². The number of halogens is 1. The Balaban J connectivity index is 1.54. The number of carbonyl (C=O) groups is 2. The van der Waals surface area contributed by atoms with Crippen LogP contribution in [0.2, 0.25) is 5.02 Å². The molecular weight excluding hydrogens is 342 g/mol. The topological polar surface area (TPSA) is 70.7 Å². The van der Waals surface area contributed by atoms with Crippen LogP contribution in [-0.2, 0) is 9.59 Å². The smallest absolute Gasteiger partial charge is 0.238 e. The molecule has 1 aliphatic rings. The van der Waals surface area contributed by atoms with Gasteiger partial charge in [0.25, 0.3) is 0 Å². The molecule has 0 unspecified atom stereocenters. The zero-order chi connectivity index (χ0) is 17.6. The second kappa shape index (κ2) is 8.00. The van der Waals surface area contributed by atoms with Crippen LogP contribution in [0.25, 0.3) is 0 Å². The molecule has 1 heterocycles. The number of amides is 2. The highest BCUT2D eigenvalue weighted by Gasteiger charge is 2.18. The number of hydrogen-bond acceptors (Lipinski definition) is 4. The number of ether oxygens (including phenoxy) is 1. The van der Waals surface area contributed by atoms with Crippen molar-refractivity contribution in [3.8, 4) is 11.5 Å². The molecule has 2 aromatic carbocycles. The monoisotopic (exact) mass is 359 g/mol. The summed E-state index contributed by atoms with van der Waals surface area (Å²) in [4.78, 5) is 25.2. The zero-order valence-electron chi connectivity index (χ0n) is 13.5. The number of carbonyl (C=O) groups excluding carboxylic acids is 2. The summed E-state index contributed by atoms with van der Waals surface area (Å²) in [6, 6.07) is 14.2. The minimum atomic E-state index is -0.158. The van der Waals surface area contributed by atoms with Gasteiger partial charge >= 0.3 is 0 Å². The largest absolute Gasteiger partial charge is 0.456 e. The maximum Gasteiger partial charge on any atom is 0.238 e. The molecule has 0 atom stereocenters. The van der Waals surface area contributed by atoms with Gasteiger partial charge in [-0.05, 0) is 36.4 Å². The third-order valence-corrected chi connectivity index (χ3v) is 4.00. The maximum absolute atomic E-state index is 12.1. The van der Waals surface area contributed by atoms with Crippen LogP contribution in [-0.4, -0.2) is 42.9 Å². The van der Waals surface area contributed by atoms with Gasteiger partial charge in [0.15, 0.2) is 0 Å². The lowest BCUT2D eigenvalue weighted by molar-refractivity contribution is -0.125. The van der Waals surface area contributed by atoms with Crippen molar-refractivity contribution in [1.29, 1.82) is 0 Å². The number of nitrogens with zero attached hydrogens (tertiary/aromatic N) is 1. The van der Waals surface area contributed by atoms with Crippen LogP contribution in [0.15, 0.2) is 48.5 Å². The van der Waals surface area contributed by atoms with Crippen molar-refractivity contribution in [2.24, 2.45) is 0 Å². The molecule has 1 fully saturated rings. The fourth-order valence-electron chi connectivity index (χ4n) is 2.49. The Morgan fingerprint density at radius 2 is 1.96 bits per heavy atom. The first-order valence-corrected chi connectivity index (χ1v) is 8.29. The van der Waals surface area contributed by atoms with E-state index in [1.165, 1.54) is 0 Å². The van der Waals surface area contributed by atoms with Gasteiger partial charge in [-0.1, -0.05) is 23.7 Å². The van der Waals surface area contributed by atoms with E-state index in [9.17, 15) is 9.59 Å². The predicted molar refractivity (Wildman–Crippen MR) is 96.0 cm³/mol. The first kappa shape index (κ1) is 17.3. The summed E-state index contributed by atoms with van der Waals surface area (Å²) in [5.74, 6) is 0.984. The van der Waals surface area contributed by atoms with E-state index >= 15 is 0 Å². The number of nitrogens with one attached hydrogen (secondary N) is 2. The number of piperazine rings is 1. The normalized spacial score (nSPS) is 14.7. The van der Waals surface area contributed by atoms with Gasteiger partial charge in [-0.3, -0.25) is 14.5 Å². The molecule has 0 spiro atoms. The molecule has 2 amide bonds. The van der Waals surface area contributed by atoms with E-state index in [0.717, 1.165) is 0 Å². The Kier molecular flexibility index (Phi) is 5.53. The molecule has 0 aliphatic carbocycles. The average molecular weight is 360 g/mol. The van der Waals surface area contributed by atoms with Crippen molar-refractivity contribution in [1.82, 2.24) is 10.2 Å². The number of para-hydroxylation sites is 1. The molecule has 2 N–H and O–H groups in total. The molecule has 2 aromatic rings. The van der Waals surface area contributed by atoms with Gasteiger partial charge < -0.3 is 15.4 Å². The third-order valence-electron chi connectivity index (χ3n) is 3.69. The van der Waals surface area contributed by atoms with Crippen LogP contribution >= 0.6 is 11.6 Å². The van der Waals surface area contributed by atoms with Crippen LogP contribution in [0.4, 0.5) is 5.69 Å². The zero-order valence-corrected chi connectivity index (χ0v) is 14.3. The summed E-state index contributed by atoms with van der Waals surface area (Å²) in [5, 5.41) is 6.07. The highest BCUT2D eigenvalue weighted by molar-refractivity contribution is 6.32. The second-order valence-electron chi connectivity index (χ2n) is 5.67.